The number of aliphatic hydroxyl groups is 2. The Morgan fingerprint density at radius 2 is 2.06 bits per heavy atom. The molecule has 102 valence electrons. The molecule has 1 atom stereocenters. The highest BCUT2D eigenvalue weighted by atomic mass is 16.3. The van der Waals surface area contributed by atoms with E-state index in [1.807, 2.05) is 20.8 Å². The van der Waals surface area contributed by atoms with Gasteiger partial charge in [0, 0.05) is 18.6 Å². The van der Waals surface area contributed by atoms with E-state index in [-0.39, 0.29) is 23.5 Å². The molecule has 0 aliphatic heterocycles. The maximum atomic E-state index is 12.0. The van der Waals surface area contributed by atoms with Gasteiger partial charge in [-0.25, -0.2) is 0 Å². The molecule has 1 aliphatic rings. The molecule has 4 nitrogen and oxygen atoms in total. The van der Waals surface area contributed by atoms with Gasteiger partial charge in [0.05, 0.1) is 18.2 Å². The molecule has 0 aromatic heterocycles. The predicted octanol–water partition coefficient (Wildman–Crippen LogP) is 2.42. The van der Waals surface area contributed by atoms with Gasteiger partial charge >= 0.3 is 0 Å². The normalized spacial score (nSPS) is 22.3. The molecule has 0 fully saturated rings. The lowest BCUT2D eigenvalue weighted by atomic mass is 9.76. The lowest BCUT2D eigenvalue weighted by Crippen LogP contribution is -2.28. The molecule has 1 aliphatic carbocycles. The number of aliphatic imine (C=N–C) groups is 1. The van der Waals surface area contributed by atoms with Crippen LogP contribution in [0, 0.1) is 5.41 Å². The first-order valence-electron chi connectivity index (χ1n) is 6.41. The largest absolute Gasteiger partial charge is 0.511 e. The zero-order valence-corrected chi connectivity index (χ0v) is 11.7. The summed E-state index contributed by atoms with van der Waals surface area (Å²) < 4.78 is 0. The number of nitrogens with zero attached hydrogens (tertiary/aromatic N) is 1. The first-order chi connectivity index (χ1) is 8.26. The van der Waals surface area contributed by atoms with Crippen molar-refractivity contribution >= 4 is 11.5 Å². The van der Waals surface area contributed by atoms with Crippen molar-refractivity contribution in [3.05, 3.63) is 11.3 Å². The van der Waals surface area contributed by atoms with Gasteiger partial charge in [0.25, 0.3) is 0 Å². The van der Waals surface area contributed by atoms with Gasteiger partial charge in [0.15, 0.2) is 5.78 Å². The Bertz CT molecular complexity index is 394. The smallest absolute Gasteiger partial charge is 0.168 e. The Kier molecular flexibility index (Phi) is 4.68. The zero-order valence-electron chi connectivity index (χ0n) is 11.7. The van der Waals surface area contributed by atoms with Gasteiger partial charge in [0.1, 0.15) is 5.76 Å². The fourth-order valence-corrected chi connectivity index (χ4v) is 2.15. The minimum absolute atomic E-state index is 0.0593. The summed E-state index contributed by atoms with van der Waals surface area (Å²) in [6.07, 6.45) is 1.06. The quantitative estimate of drug-likeness (QED) is 0.756. The van der Waals surface area contributed by atoms with E-state index in [1.165, 1.54) is 0 Å². The minimum atomic E-state index is -0.488. The standard InChI is InChI=1S/C14H23NO3/c1-5-10(16)8-15-9(2)13-11(17)6-14(3,4)7-12(13)18/h10,16-17H,5-8H2,1-4H3. The molecule has 2 N–H and O–H groups in total. The molecule has 0 saturated heterocycles. The molecule has 4 heteroatoms. The molecular weight excluding hydrogens is 230 g/mol. The van der Waals surface area contributed by atoms with Gasteiger partial charge in [-0.2, -0.15) is 0 Å². The summed E-state index contributed by atoms with van der Waals surface area (Å²) in [7, 11) is 0. The number of carbonyl (C=O) groups is 1. The topological polar surface area (TPSA) is 69.9 Å². The molecule has 0 bridgehead atoms. The summed E-state index contributed by atoms with van der Waals surface area (Å²) in [4.78, 5) is 16.2. The number of ketones is 1. The minimum Gasteiger partial charge on any atom is -0.511 e. The van der Waals surface area contributed by atoms with Crippen LogP contribution in [0.1, 0.15) is 47.0 Å². The number of carbonyl (C=O) groups excluding carboxylic acids is 1. The van der Waals surface area contributed by atoms with Crippen LogP contribution in [-0.4, -0.2) is 34.4 Å². The summed E-state index contributed by atoms with van der Waals surface area (Å²) in [6.45, 7) is 7.79. The highest BCUT2D eigenvalue weighted by Crippen LogP contribution is 2.36. The van der Waals surface area contributed by atoms with Crippen LogP contribution < -0.4 is 0 Å². The van der Waals surface area contributed by atoms with Gasteiger partial charge < -0.3 is 10.2 Å². The van der Waals surface area contributed by atoms with Crippen molar-refractivity contribution in [2.24, 2.45) is 10.4 Å². The Labute approximate surface area is 108 Å². The maximum absolute atomic E-state index is 12.0. The molecular formula is C14H23NO3. The maximum Gasteiger partial charge on any atom is 0.168 e. The predicted molar refractivity (Wildman–Crippen MR) is 72.0 cm³/mol. The van der Waals surface area contributed by atoms with E-state index in [9.17, 15) is 15.0 Å². The summed E-state index contributed by atoms with van der Waals surface area (Å²) in [5, 5.41) is 19.4. The molecule has 0 spiro atoms. The van der Waals surface area contributed by atoms with E-state index in [4.69, 9.17) is 0 Å². The lowest BCUT2D eigenvalue weighted by molar-refractivity contribution is -0.117. The second-order valence-corrected chi connectivity index (χ2v) is 5.75. The monoisotopic (exact) mass is 253 g/mol. The lowest BCUT2D eigenvalue weighted by Gasteiger charge is -2.29. The number of Topliss-reactive ketones (excluding diaryl/α,β-unsaturated/α-hetero) is 1. The van der Waals surface area contributed by atoms with Gasteiger partial charge in [-0.1, -0.05) is 20.8 Å². The molecule has 0 aromatic rings. The molecule has 0 saturated carbocycles. The van der Waals surface area contributed by atoms with Crippen molar-refractivity contribution in [1.29, 1.82) is 0 Å². The van der Waals surface area contributed by atoms with Gasteiger partial charge in [0.2, 0.25) is 0 Å². The fourth-order valence-electron chi connectivity index (χ4n) is 2.15. The van der Waals surface area contributed by atoms with Crippen LogP contribution in [0.2, 0.25) is 0 Å². The van der Waals surface area contributed by atoms with E-state index >= 15 is 0 Å². The number of aliphatic hydroxyl groups excluding tert-OH is 2. The fraction of sp³-hybridized carbons (Fsp3) is 0.714. The average Bonchev–Trinajstić information content (AvgIpc) is 2.22. The second kappa shape index (κ2) is 5.65. The summed E-state index contributed by atoms with van der Waals surface area (Å²) in [6, 6.07) is 0. The molecule has 1 unspecified atom stereocenters. The zero-order chi connectivity index (χ0) is 13.9. The average molecular weight is 253 g/mol. The van der Waals surface area contributed by atoms with Crippen molar-refractivity contribution in [2.75, 3.05) is 6.54 Å². The first-order valence-corrected chi connectivity index (χ1v) is 6.41. The first kappa shape index (κ1) is 14.9. The number of rotatable bonds is 4. The van der Waals surface area contributed by atoms with Crippen LogP contribution in [-0.2, 0) is 4.79 Å². The highest BCUT2D eigenvalue weighted by molar-refractivity contribution is 6.22. The van der Waals surface area contributed by atoms with Crippen molar-refractivity contribution in [2.45, 2.75) is 53.1 Å². The Balaban J connectivity index is 2.91. The molecule has 0 radical (unpaired) electrons. The van der Waals surface area contributed by atoms with Crippen molar-refractivity contribution < 1.29 is 15.0 Å². The number of hydrogen-bond acceptors (Lipinski definition) is 4. The SMILES string of the molecule is CCC(O)CN=C(C)C1=C(O)CC(C)(C)CC1=O. The number of hydrogen-bond donors (Lipinski definition) is 2. The molecule has 1 rings (SSSR count). The van der Waals surface area contributed by atoms with E-state index in [0.717, 1.165) is 0 Å². The van der Waals surface area contributed by atoms with Crippen LogP contribution in [0.25, 0.3) is 0 Å². The van der Waals surface area contributed by atoms with Crippen LogP contribution in [0.5, 0.6) is 0 Å². The van der Waals surface area contributed by atoms with Gasteiger partial charge in [-0.3, -0.25) is 9.79 Å². The van der Waals surface area contributed by atoms with Crippen LogP contribution in [0.3, 0.4) is 0 Å². The molecule has 0 heterocycles. The summed E-state index contributed by atoms with van der Waals surface area (Å²) in [5.74, 6) is 0.0690. The third-order valence-electron chi connectivity index (χ3n) is 3.22. The third-order valence-corrected chi connectivity index (χ3v) is 3.22. The Hall–Kier alpha value is -1.16. The highest BCUT2D eigenvalue weighted by Gasteiger charge is 2.33. The molecule has 18 heavy (non-hydrogen) atoms. The Morgan fingerprint density at radius 1 is 1.44 bits per heavy atom. The van der Waals surface area contributed by atoms with Gasteiger partial charge in [-0.05, 0) is 18.8 Å². The molecule has 0 aromatic carbocycles. The van der Waals surface area contributed by atoms with Crippen molar-refractivity contribution in [3.8, 4) is 0 Å². The summed E-state index contributed by atoms with van der Waals surface area (Å²) >= 11 is 0. The van der Waals surface area contributed by atoms with E-state index in [0.29, 0.717) is 30.5 Å². The van der Waals surface area contributed by atoms with E-state index in [2.05, 4.69) is 4.99 Å². The number of allylic oxidation sites excluding steroid dienone is 2. The van der Waals surface area contributed by atoms with Crippen LogP contribution in [0.15, 0.2) is 16.3 Å². The van der Waals surface area contributed by atoms with E-state index in [1.54, 1.807) is 6.92 Å². The van der Waals surface area contributed by atoms with Crippen molar-refractivity contribution in [1.82, 2.24) is 0 Å². The van der Waals surface area contributed by atoms with E-state index < -0.39 is 6.10 Å². The van der Waals surface area contributed by atoms with Crippen LogP contribution in [0.4, 0.5) is 0 Å². The third kappa shape index (κ3) is 3.67. The second-order valence-electron chi connectivity index (χ2n) is 5.75. The van der Waals surface area contributed by atoms with Crippen LogP contribution >= 0.6 is 0 Å². The molecule has 0 amide bonds. The van der Waals surface area contributed by atoms with Gasteiger partial charge in [-0.15, -0.1) is 0 Å². The van der Waals surface area contributed by atoms with Crippen molar-refractivity contribution in [3.63, 3.8) is 0 Å². The Morgan fingerprint density at radius 3 is 2.56 bits per heavy atom. The summed E-state index contributed by atoms with van der Waals surface area (Å²) in [5.41, 5.74) is 0.687.